The number of hydrazine groups is 1. The van der Waals surface area contributed by atoms with Gasteiger partial charge < -0.3 is 16.8 Å². The second kappa shape index (κ2) is 10.3. The van der Waals surface area contributed by atoms with Crippen LogP contribution in [-0.4, -0.2) is 24.0 Å². The van der Waals surface area contributed by atoms with E-state index in [0.29, 0.717) is 11.3 Å². The summed E-state index contributed by atoms with van der Waals surface area (Å²) in [5.41, 5.74) is 8.06. The van der Waals surface area contributed by atoms with Crippen LogP contribution in [0.5, 0.6) is 0 Å². The van der Waals surface area contributed by atoms with E-state index in [9.17, 15) is 31.1 Å². The predicted octanol–water partition coefficient (Wildman–Crippen LogP) is 4.32. The average Bonchev–Trinajstić information content (AvgIpc) is 2.72. The molecule has 0 saturated heterocycles. The molecule has 7 nitrogen and oxygen atoms in total. The van der Waals surface area contributed by atoms with Crippen LogP contribution in [0.25, 0.3) is 5.70 Å². The van der Waals surface area contributed by atoms with Gasteiger partial charge in [-0.1, -0.05) is 18.2 Å². The van der Waals surface area contributed by atoms with E-state index in [4.69, 9.17) is 11.6 Å². The van der Waals surface area contributed by atoms with Crippen molar-refractivity contribution in [3.63, 3.8) is 0 Å². The van der Waals surface area contributed by atoms with E-state index in [1.165, 1.54) is 25.3 Å². The molecule has 7 N–H and O–H groups in total. The molecule has 13 heteroatoms. The van der Waals surface area contributed by atoms with Gasteiger partial charge in [-0.15, -0.1) is 0 Å². The molecule has 2 aromatic carbocycles. The minimum Gasteiger partial charge on any atom is -0.397 e. The van der Waals surface area contributed by atoms with Crippen molar-refractivity contribution in [3.8, 4) is 0 Å². The maximum Gasteiger partial charge on any atom is 0.433 e. The van der Waals surface area contributed by atoms with Crippen LogP contribution in [-0.2, 0) is 4.79 Å². The molecule has 0 heterocycles. The van der Waals surface area contributed by atoms with Gasteiger partial charge in [-0.3, -0.25) is 9.80 Å². The van der Waals surface area contributed by atoms with Crippen molar-refractivity contribution >= 4 is 34.4 Å². The second-order valence-electron chi connectivity index (χ2n) is 6.83. The summed E-state index contributed by atoms with van der Waals surface area (Å²) in [5, 5.41) is 3.69. The zero-order chi connectivity index (χ0) is 25.7. The summed E-state index contributed by atoms with van der Waals surface area (Å²) in [5.74, 6) is 5.63. The number of nitrogens with zero attached hydrogens (tertiary/aromatic N) is 2. The first-order valence-corrected chi connectivity index (χ1v) is 9.37. The van der Waals surface area contributed by atoms with Crippen LogP contribution in [0.15, 0.2) is 71.5 Å². The number of alkyl halides is 6. The number of rotatable bonds is 6. The number of carbonyl (C=O) groups excluding carboxylic acids is 1. The summed E-state index contributed by atoms with van der Waals surface area (Å²) in [7, 11) is 0. The lowest BCUT2D eigenvalue weighted by Crippen LogP contribution is -2.26. The van der Waals surface area contributed by atoms with Crippen LogP contribution in [0, 0.1) is 0 Å². The van der Waals surface area contributed by atoms with Crippen LogP contribution < -0.4 is 27.6 Å². The first-order valence-electron chi connectivity index (χ1n) is 9.37. The van der Waals surface area contributed by atoms with Crippen molar-refractivity contribution in [2.75, 3.05) is 10.3 Å². The summed E-state index contributed by atoms with van der Waals surface area (Å²) < 4.78 is 76.9. The molecule has 2 rings (SSSR count). The number of allylic oxidation sites excluding steroid dienone is 2. The van der Waals surface area contributed by atoms with Crippen LogP contribution in [0.3, 0.4) is 0 Å². The Morgan fingerprint density at radius 1 is 0.971 bits per heavy atom. The SMILES string of the molecule is CC(=O)Nc1ccccc1/C(N)=C/N(N)c1ccc(N=C(C=C(N)C(F)(F)F)C(F)(F)F)cc1. The van der Waals surface area contributed by atoms with Crippen molar-refractivity contribution in [1.29, 1.82) is 0 Å². The largest absolute Gasteiger partial charge is 0.433 e. The van der Waals surface area contributed by atoms with Crippen LogP contribution >= 0.6 is 0 Å². The number of nitrogens with one attached hydrogen (secondary N) is 1. The van der Waals surface area contributed by atoms with Crippen molar-refractivity contribution in [1.82, 2.24) is 0 Å². The van der Waals surface area contributed by atoms with Crippen molar-refractivity contribution in [2.45, 2.75) is 19.3 Å². The predicted molar refractivity (Wildman–Crippen MR) is 117 cm³/mol. The van der Waals surface area contributed by atoms with Gasteiger partial charge in [-0.25, -0.2) is 10.8 Å². The van der Waals surface area contributed by atoms with Gasteiger partial charge in [0.1, 0.15) is 11.4 Å². The summed E-state index contributed by atoms with van der Waals surface area (Å²) in [6.07, 6.45) is -9.28. The van der Waals surface area contributed by atoms with E-state index in [-0.39, 0.29) is 29.1 Å². The number of nitrogens with two attached hydrogens (primary N) is 3. The number of hydrogen-bond acceptors (Lipinski definition) is 6. The van der Waals surface area contributed by atoms with Crippen LogP contribution in [0.2, 0.25) is 0 Å². The van der Waals surface area contributed by atoms with Gasteiger partial charge in [0.15, 0.2) is 0 Å². The Hall–Kier alpha value is -4.00. The lowest BCUT2D eigenvalue weighted by atomic mass is 10.1. The van der Waals surface area contributed by atoms with Gasteiger partial charge >= 0.3 is 12.4 Å². The number of anilines is 2. The smallest absolute Gasteiger partial charge is 0.397 e. The van der Waals surface area contributed by atoms with Gasteiger partial charge in [0.05, 0.1) is 22.8 Å². The number of halogens is 6. The maximum absolute atomic E-state index is 13.1. The van der Waals surface area contributed by atoms with Gasteiger partial charge in [-0.05, 0) is 36.4 Å². The minimum atomic E-state index is -5.17. The molecule has 0 saturated carbocycles. The maximum atomic E-state index is 13.1. The monoisotopic (exact) mass is 486 g/mol. The van der Waals surface area contributed by atoms with Crippen molar-refractivity contribution in [2.24, 2.45) is 22.3 Å². The van der Waals surface area contributed by atoms with Gasteiger partial charge in [0, 0.05) is 18.7 Å². The molecule has 182 valence electrons. The first kappa shape index (κ1) is 26.3. The number of para-hydroxylation sites is 1. The Kier molecular flexibility index (Phi) is 7.95. The average molecular weight is 486 g/mol. The zero-order valence-corrected chi connectivity index (χ0v) is 17.6. The zero-order valence-electron chi connectivity index (χ0n) is 17.6. The van der Waals surface area contributed by atoms with E-state index in [2.05, 4.69) is 16.0 Å². The highest BCUT2D eigenvalue weighted by Gasteiger charge is 2.38. The molecule has 0 aliphatic heterocycles. The van der Waals surface area contributed by atoms with Gasteiger partial charge in [0.2, 0.25) is 5.91 Å². The van der Waals surface area contributed by atoms with E-state index in [0.717, 1.165) is 17.1 Å². The van der Waals surface area contributed by atoms with Gasteiger partial charge in [-0.2, -0.15) is 26.3 Å². The molecular formula is C21H20F6N6O. The fourth-order valence-electron chi connectivity index (χ4n) is 2.57. The second-order valence-corrected chi connectivity index (χ2v) is 6.83. The van der Waals surface area contributed by atoms with Gasteiger partial charge in [0.25, 0.3) is 0 Å². The van der Waals surface area contributed by atoms with E-state index < -0.39 is 23.8 Å². The third-order valence-corrected chi connectivity index (χ3v) is 4.13. The highest BCUT2D eigenvalue weighted by molar-refractivity contribution is 6.01. The molecule has 0 aromatic heterocycles. The molecule has 0 aliphatic carbocycles. The Balaban J connectivity index is 2.32. The summed E-state index contributed by atoms with van der Waals surface area (Å²) in [6, 6.07) is 11.5. The molecular weight excluding hydrogens is 466 g/mol. The summed E-state index contributed by atoms with van der Waals surface area (Å²) in [4.78, 5) is 14.6. The third-order valence-electron chi connectivity index (χ3n) is 4.13. The fraction of sp³-hybridized carbons (Fsp3) is 0.143. The van der Waals surface area contributed by atoms with E-state index >= 15 is 0 Å². The normalized spacial score (nSPS) is 13.6. The number of hydrogen-bond donors (Lipinski definition) is 4. The lowest BCUT2D eigenvalue weighted by molar-refractivity contribution is -0.114. The third kappa shape index (κ3) is 7.27. The molecule has 0 fully saturated rings. The molecule has 0 aliphatic rings. The summed E-state index contributed by atoms with van der Waals surface area (Å²) >= 11 is 0. The number of carbonyl (C=O) groups is 1. The molecule has 2 aromatic rings. The fourth-order valence-corrected chi connectivity index (χ4v) is 2.57. The number of benzene rings is 2. The Labute approximate surface area is 190 Å². The van der Waals surface area contributed by atoms with Crippen LogP contribution in [0.4, 0.5) is 43.4 Å². The molecule has 0 radical (unpaired) electrons. The van der Waals surface area contributed by atoms with Crippen molar-refractivity contribution < 1.29 is 31.1 Å². The first-order chi connectivity index (χ1) is 15.7. The standard InChI is InChI=1S/C21H20F6N6O/c1-12(34)31-17-5-3-2-4-15(17)16(28)11-33(30)14-8-6-13(7-9-14)32-19(21(25,26)27)10-18(29)20(22,23)24/h2-11H,28-30H2,1H3,(H,31,34)/b16-11-,18-10?,32-19?. The van der Waals surface area contributed by atoms with E-state index in [1.807, 2.05) is 0 Å². The Bertz CT molecular complexity index is 1120. The molecule has 0 atom stereocenters. The Morgan fingerprint density at radius 3 is 2.09 bits per heavy atom. The lowest BCUT2D eigenvalue weighted by Gasteiger charge is -2.17. The topological polar surface area (TPSA) is 123 Å². The molecule has 1 amide bonds. The highest BCUT2D eigenvalue weighted by Crippen LogP contribution is 2.28. The molecule has 0 bridgehead atoms. The quantitative estimate of drug-likeness (QED) is 0.210. The highest BCUT2D eigenvalue weighted by atomic mass is 19.4. The molecule has 34 heavy (non-hydrogen) atoms. The summed E-state index contributed by atoms with van der Waals surface area (Å²) in [6.45, 7) is 1.33. The van der Waals surface area contributed by atoms with Crippen LogP contribution in [0.1, 0.15) is 12.5 Å². The van der Waals surface area contributed by atoms with Crippen molar-refractivity contribution in [3.05, 3.63) is 72.1 Å². The Morgan fingerprint density at radius 2 is 1.56 bits per heavy atom. The molecule has 0 unspecified atom stereocenters. The number of amides is 1. The number of aliphatic imine (C=N–C) groups is 1. The minimum absolute atomic E-state index is 0.168. The molecule has 0 spiro atoms. The van der Waals surface area contributed by atoms with E-state index in [1.54, 1.807) is 24.3 Å².